The summed E-state index contributed by atoms with van der Waals surface area (Å²) in [6.45, 7) is 6.04. The van der Waals surface area contributed by atoms with Gasteiger partial charge in [0.1, 0.15) is 6.67 Å². The van der Waals surface area contributed by atoms with Crippen molar-refractivity contribution in [1.82, 2.24) is 25.1 Å². The lowest BCUT2D eigenvalue weighted by molar-refractivity contribution is 0.0184. The molecule has 0 bridgehead atoms. The number of tetrazole rings is 1. The van der Waals surface area contributed by atoms with Crippen LogP contribution in [0.2, 0.25) is 0 Å². The molecule has 6 nitrogen and oxygen atoms in total. The molecule has 1 saturated heterocycles. The molecule has 2 rings (SSSR count). The van der Waals surface area contributed by atoms with E-state index in [4.69, 9.17) is 4.74 Å². The lowest BCUT2D eigenvalue weighted by atomic mass is 10.5. The maximum Gasteiger partial charge on any atom is 0.171 e. The summed E-state index contributed by atoms with van der Waals surface area (Å²) in [5.74, 6) is 0.716. The number of morpholine rings is 1. The van der Waals surface area contributed by atoms with E-state index in [9.17, 15) is 0 Å². The Kier molecular flexibility index (Phi) is 2.51. The van der Waals surface area contributed by atoms with Crippen LogP contribution >= 0.6 is 0 Å². The Labute approximate surface area is 76.5 Å². The van der Waals surface area contributed by atoms with Crippen molar-refractivity contribution >= 4 is 0 Å². The highest BCUT2D eigenvalue weighted by atomic mass is 16.5. The molecule has 0 aromatic carbocycles. The van der Waals surface area contributed by atoms with Crippen LogP contribution in [0.15, 0.2) is 0 Å². The molecule has 0 saturated carbocycles. The van der Waals surface area contributed by atoms with Gasteiger partial charge in [-0.05, 0) is 12.1 Å². The van der Waals surface area contributed by atoms with Crippen LogP contribution in [-0.4, -0.2) is 51.4 Å². The Morgan fingerprint density at radius 3 is 2.77 bits per heavy atom. The second kappa shape index (κ2) is 3.80. The Bertz CT molecular complexity index is 268. The van der Waals surface area contributed by atoms with Gasteiger partial charge in [-0.25, -0.2) is 0 Å². The number of ether oxygens (including phenoxy) is 1. The second-order valence-electron chi connectivity index (χ2n) is 3.08. The fourth-order valence-electron chi connectivity index (χ4n) is 1.30. The van der Waals surface area contributed by atoms with Gasteiger partial charge < -0.3 is 4.74 Å². The second-order valence-corrected chi connectivity index (χ2v) is 3.08. The quantitative estimate of drug-likeness (QED) is 0.605. The summed E-state index contributed by atoms with van der Waals surface area (Å²) >= 11 is 0. The van der Waals surface area contributed by atoms with Crippen molar-refractivity contribution in [3.8, 4) is 0 Å². The average Bonchev–Trinajstić information content (AvgIpc) is 2.53. The molecule has 6 heteroatoms. The molecule has 1 aliphatic rings. The number of aromatic nitrogens is 4. The maximum atomic E-state index is 5.24. The van der Waals surface area contributed by atoms with Crippen LogP contribution in [0.1, 0.15) is 5.82 Å². The van der Waals surface area contributed by atoms with E-state index < -0.39 is 0 Å². The lowest BCUT2D eigenvalue weighted by Gasteiger charge is -2.25. The van der Waals surface area contributed by atoms with E-state index in [2.05, 4.69) is 20.3 Å². The molecular formula is C7H13N5O. The highest BCUT2D eigenvalue weighted by Crippen LogP contribution is 1.97. The summed E-state index contributed by atoms with van der Waals surface area (Å²) in [4.78, 5) is 3.85. The van der Waals surface area contributed by atoms with Crippen LogP contribution in [-0.2, 0) is 11.4 Å². The van der Waals surface area contributed by atoms with Gasteiger partial charge in [0.25, 0.3) is 0 Å². The smallest absolute Gasteiger partial charge is 0.171 e. The van der Waals surface area contributed by atoms with Gasteiger partial charge in [-0.15, -0.1) is 15.0 Å². The van der Waals surface area contributed by atoms with Gasteiger partial charge in [0.2, 0.25) is 0 Å². The number of hydrogen-bond donors (Lipinski definition) is 0. The van der Waals surface area contributed by atoms with E-state index in [1.54, 1.807) is 4.80 Å². The van der Waals surface area contributed by atoms with E-state index in [0.717, 1.165) is 26.3 Å². The molecule has 0 amide bonds. The molecule has 1 fully saturated rings. The fourth-order valence-corrected chi connectivity index (χ4v) is 1.30. The van der Waals surface area contributed by atoms with Gasteiger partial charge >= 0.3 is 0 Å². The van der Waals surface area contributed by atoms with Crippen molar-refractivity contribution < 1.29 is 4.74 Å². The third kappa shape index (κ3) is 2.22. The molecule has 0 unspecified atom stereocenters. The van der Waals surface area contributed by atoms with Crippen molar-refractivity contribution in [2.75, 3.05) is 26.3 Å². The first-order chi connectivity index (χ1) is 6.34. The normalized spacial score (nSPS) is 19.2. The van der Waals surface area contributed by atoms with Crippen molar-refractivity contribution in [1.29, 1.82) is 0 Å². The SMILES string of the molecule is Cc1nnn(CN2CCOCC2)n1. The summed E-state index contributed by atoms with van der Waals surface area (Å²) < 4.78 is 5.24. The molecule has 0 aliphatic carbocycles. The Hall–Kier alpha value is -1.01. The predicted octanol–water partition coefficient (Wildman–Crippen LogP) is -0.729. The third-order valence-corrected chi connectivity index (χ3v) is 1.98. The minimum absolute atomic E-state index is 0.713. The third-order valence-electron chi connectivity index (χ3n) is 1.98. The van der Waals surface area contributed by atoms with E-state index in [1.807, 2.05) is 6.92 Å². The van der Waals surface area contributed by atoms with Gasteiger partial charge in [0.05, 0.1) is 13.2 Å². The number of hydrogen-bond acceptors (Lipinski definition) is 5. The molecule has 13 heavy (non-hydrogen) atoms. The minimum atomic E-state index is 0.713. The molecule has 0 radical (unpaired) electrons. The van der Waals surface area contributed by atoms with Crippen molar-refractivity contribution in [2.45, 2.75) is 13.6 Å². The van der Waals surface area contributed by atoms with Crippen molar-refractivity contribution in [3.63, 3.8) is 0 Å². The maximum absolute atomic E-state index is 5.24. The number of nitrogens with zero attached hydrogens (tertiary/aromatic N) is 5. The van der Waals surface area contributed by atoms with Crippen molar-refractivity contribution in [3.05, 3.63) is 5.82 Å². The number of aryl methyl sites for hydroxylation is 1. The highest BCUT2D eigenvalue weighted by Gasteiger charge is 2.11. The van der Waals surface area contributed by atoms with Crippen LogP contribution in [0.25, 0.3) is 0 Å². The fraction of sp³-hybridized carbons (Fsp3) is 0.857. The summed E-state index contributed by atoms with van der Waals surface area (Å²) in [5.41, 5.74) is 0. The Morgan fingerprint density at radius 2 is 2.15 bits per heavy atom. The zero-order chi connectivity index (χ0) is 9.10. The summed E-state index contributed by atoms with van der Waals surface area (Å²) in [7, 11) is 0. The van der Waals surface area contributed by atoms with E-state index >= 15 is 0 Å². The van der Waals surface area contributed by atoms with Crippen LogP contribution in [0, 0.1) is 6.92 Å². The first-order valence-corrected chi connectivity index (χ1v) is 4.39. The van der Waals surface area contributed by atoms with E-state index in [-0.39, 0.29) is 0 Å². The van der Waals surface area contributed by atoms with Crippen LogP contribution in [0.4, 0.5) is 0 Å². The molecule has 1 aromatic rings. The number of rotatable bonds is 2. The van der Waals surface area contributed by atoms with E-state index in [1.165, 1.54) is 0 Å². The molecular weight excluding hydrogens is 170 g/mol. The predicted molar refractivity (Wildman–Crippen MR) is 44.9 cm³/mol. The molecule has 0 N–H and O–H groups in total. The molecule has 2 heterocycles. The molecule has 72 valence electrons. The average molecular weight is 183 g/mol. The van der Waals surface area contributed by atoms with Gasteiger partial charge in [-0.3, -0.25) is 4.90 Å². The largest absolute Gasteiger partial charge is 0.379 e. The van der Waals surface area contributed by atoms with Crippen LogP contribution < -0.4 is 0 Å². The summed E-state index contributed by atoms with van der Waals surface area (Å²) in [5, 5.41) is 11.8. The van der Waals surface area contributed by atoms with Gasteiger partial charge in [-0.1, -0.05) is 0 Å². The first-order valence-electron chi connectivity index (χ1n) is 4.39. The minimum Gasteiger partial charge on any atom is -0.379 e. The molecule has 1 aliphatic heterocycles. The van der Waals surface area contributed by atoms with Crippen molar-refractivity contribution in [2.24, 2.45) is 0 Å². The van der Waals surface area contributed by atoms with Gasteiger partial charge in [0, 0.05) is 13.1 Å². The molecule has 0 spiro atoms. The topological polar surface area (TPSA) is 56.1 Å². The monoisotopic (exact) mass is 183 g/mol. The standard InChI is InChI=1S/C7H13N5O/c1-7-8-10-12(9-7)6-11-2-4-13-5-3-11/h2-6H2,1H3. The lowest BCUT2D eigenvalue weighted by Crippen LogP contribution is -2.38. The van der Waals surface area contributed by atoms with Gasteiger partial charge in [-0.2, -0.15) is 0 Å². The van der Waals surface area contributed by atoms with Gasteiger partial charge in [0.15, 0.2) is 5.82 Å². The zero-order valence-corrected chi connectivity index (χ0v) is 7.68. The highest BCUT2D eigenvalue weighted by molar-refractivity contribution is 4.67. The Balaban J connectivity index is 1.89. The molecule has 1 aromatic heterocycles. The van der Waals surface area contributed by atoms with E-state index in [0.29, 0.717) is 12.5 Å². The molecule has 0 atom stereocenters. The Morgan fingerprint density at radius 1 is 1.38 bits per heavy atom. The zero-order valence-electron chi connectivity index (χ0n) is 7.68. The van der Waals surface area contributed by atoms with Crippen LogP contribution in [0.3, 0.4) is 0 Å². The summed E-state index contributed by atoms with van der Waals surface area (Å²) in [6, 6.07) is 0. The first kappa shape index (κ1) is 8.58. The van der Waals surface area contributed by atoms with Crippen LogP contribution in [0.5, 0.6) is 0 Å². The summed E-state index contributed by atoms with van der Waals surface area (Å²) in [6.07, 6.45) is 0.